The van der Waals surface area contributed by atoms with Crippen LogP contribution >= 0.6 is 0 Å². The molecule has 24 heavy (non-hydrogen) atoms. The fourth-order valence-electron chi connectivity index (χ4n) is 4.16. The Bertz CT molecular complexity index is 389. The zero-order valence-electron chi connectivity index (χ0n) is 17.3. The molecule has 0 unspecified atom stereocenters. The fraction of sp³-hybridized carbons (Fsp3) is 0.826. The Labute approximate surface area is 167 Å². The Balaban J connectivity index is 2.61. The van der Waals surface area contributed by atoms with E-state index < -0.39 is 0 Å². The molecule has 1 rings (SSSR count). The van der Waals surface area contributed by atoms with Crippen molar-refractivity contribution in [2.75, 3.05) is 0 Å². The average Bonchev–Trinajstić information content (AvgIpc) is 2.87. The van der Waals surface area contributed by atoms with Gasteiger partial charge in [-0.05, 0) is 0 Å². The molecule has 0 aliphatic heterocycles. The van der Waals surface area contributed by atoms with Gasteiger partial charge in [-0.1, -0.05) is 0 Å². The summed E-state index contributed by atoms with van der Waals surface area (Å²) in [7, 11) is 0. The van der Waals surface area contributed by atoms with Crippen LogP contribution in [0.2, 0.25) is 0 Å². The molecule has 0 nitrogen and oxygen atoms in total. The zero-order valence-corrected chi connectivity index (χ0v) is 23.0. The number of hydrogen-bond acceptors (Lipinski definition) is 0. The van der Waals surface area contributed by atoms with E-state index in [4.69, 9.17) is 0 Å². The molecular weight excluding hydrogens is 391 g/mol. The molecule has 0 heterocycles. The van der Waals surface area contributed by atoms with Crippen LogP contribution < -0.4 is 0 Å². The number of allylic oxidation sites excluding steroid dienone is 4. The van der Waals surface area contributed by atoms with Crippen molar-refractivity contribution >= 4 is 24.4 Å². The molecule has 0 aromatic rings. The molecule has 0 N–H and O–H groups in total. The summed E-state index contributed by atoms with van der Waals surface area (Å²) in [5.74, 6) is 0. The second-order valence-electron chi connectivity index (χ2n) is 7.95. The SMILES string of the molecule is CCCCCCC1=C(CCCCCC)C(CCCCCC)=[C]([InH2])C1. The Kier molecular flexibility index (Phi) is 13.5. The van der Waals surface area contributed by atoms with Crippen molar-refractivity contribution in [1.29, 1.82) is 0 Å². The summed E-state index contributed by atoms with van der Waals surface area (Å²) in [5, 5.41) is 0. The van der Waals surface area contributed by atoms with Gasteiger partial charge in [0.05, 0.1) is 0 Å². The molecule has 0 radical (unpaired) electrons. The molecule has 0 aromatic carbocycles. The molecule has 0 saturated heterocycles. The van der Waals surface area contributed by atoms with E-state index in [0.29, 0.717) is 24.4 Å². The predicted octanol–water partition coefficient (Wildman–Crippen LogP) is 7.49. The van der Waals surface area contributed by atoms with Crippen molar-refractivity contribution in [3.63, 3.8) is 0 Å². The van der Waals surface area contributed by atoms with Gasteiger partial charge in [0.25, 0.3) is 0 Å². The number of rotatable bonds is 15. The summed E-state index contributed by atoms with van der Waals surface area (Å²) >= 11 is 0.713. The molecule has 1 heteroatoms. The third-order valence-corrected chi connectivity index (χ3v) is 8.41. The second kappa shape index (κ2) is 14.5. The van der Waals surface area contributed by atoms with Gasteiger partial charge in [0.15, 0.2) is 0 Å². The molecule has 0 fully saturated rings. The first-order chi connectivity index (χ1) is 11.7. The van der Waals surface area contributed by atoms with Crippen LogP contribution in [-0.4, -0.2) is 24.4 Å². The van der Waals surface area contributed by atoms with Gasteiger partial charge in [0.2, 0.25) is 0 Å². The number of unbranched alkanes of at least 4 members (excludes halogenated alkanes) is 9. The molecule has 0 spiro atoms. The molecule has 1 aliphatic rings. The Morgan fingerprint density at radius 2 is 1.04 bits per heavy atom. The zero-order chi connectivity index (χ0) is 17.6. The van der Waals surface area contributed by atoms with Crippen LogP contribution in [0.15, 0.2) is 20.0 Å². The van der Waals surface area contributed by atoms with Crippen LogP contribution in [0, 0.1) is 0 Å². The Morgan fingerprint density at radius 1 is 0.583 bits per heavy atom. The molecule has 0 aromatic heterocycles. The first kappa shape index (κ1) is 22.4. The summed E-state index contributed by atoms with van der Waals surface area (Å²) in [6.45, 7) is 6.97. The van der Waals surface area contributed by atoms with Gasteiger partial charge in [-0.25, -0.2) is 0 Å². The fourth-order valence-corrected chi connectivity index (χ4v) is 6.95. The van der Waals surface area contributed by atoms with Crippen molar-refractivity contribution in [3.05, 3.63) is 20.0 Å². The first-order valence-corrected chi connectivity index (χ1v) is 14.0. The van der Waals surface area contributed by atoms with Gasteiger partial charge >= 0.3 is 168 Å². The van der Waals surface area contributed by atoms with Gasteiger partial charge in [0, 0.05) is 0 Å². The predicted molar refractivity (Wildman–Crippen MR) is 113 cm³/mol. The summed E-state index contributed by atoms with van der Waals surface area (Å²) in [6, 6.07) is 0. The maximum absolute atomic E-state index is 2.33. The van der Waals surface area contributed by atoms with E-state index in [9.17, 15) is 0 Å². The monoisotopic (exact) mass is 434 g/mol. The van der Waals surface area contributed by atoms with E-state index in [1.165, 1.54) is 103 Å². The first-order valence-electron chi connectivity index (χ1n) is 11.1. The van der Waals surface area contributed by atoms with Crippen LogP contribution in [-0.2, 0) is 0 Å². The minimum absolute atomic E-state index is 0.713. The summed E-state index contributed by atoms with van der Waals surface area (Å²) in [6.07, 6.45) is 22.6. The average molecular weight is 434 g/mol. The van der Waals surface area contributed by atoms with E-state index in [1.54, 1.807) is 0 Å². The summed E-state index contributed by atoms with van der Waals surface area (Å²) in [4.78, 5) is 0. The van der Waals surface area contributed by atoms with E-state index >= 15 is 0 Å². The van der Waals surface area contributed by atoms with Crippen molar-refractivity contribution < 1.29 is 0 Å². The van der Waals surface area contributed by atoms with E-state index in [2.05, 4.69) is 20.8 Å². The van der Waals surface area contributed by atoms with Crippen molar-refractivity contribution in [1.82, 2.24) is 0 Å². The van der Waals surface area contributed by atoms with E-state index in [1.807, 2.05) is 20.0 Å². The second-order valence-corrected chi connectivity index (χ2v) is 11.4. The van der Waals surface area contributed by atoms with Crippen LogP contribution in [0.4, 0.5) is 0 Å². The van der Waals surface area contributed by atoms with Crippen molar-refractivity contribution in [2.24, 2.45) is 0 Å². The minimum atomic E-state index is 0.713. The van der Waals surface area contributed by atoms with Crippen molar-refractivity contribution in [2.45, 2.75) is 124 Å². The summed E-state index contributed by atoms with van der Waals surface area (Å²) in [5.41, 5.74) is 5.62. The Morgan fingerprint density at radius 3 is 1.54 bits per heavy atom. The van der Waals surface area contributed by atoms with E-state index in [-0.39, 0.29) is 0 Å². The third-order valence-electron chi connectivity index (χ3n) is 5.68. The van der Waals surface area contributed by atoms with Gasteiger partial charge in [-0.15, -0.1) is 0 Å². The normalized spacial score (nSPS) is 15.0. The molecule has 0 atom stereocenters. The molecule has 138 valence electrons. The molecule has 0 saturated carbocycles. The molecule has 0 bridgehead atoms. The van der Waals surface area contributed by atoms with Crippen LogP contribution in [0.1, 0.15) is 124 Å². The molecular formula is C23H43In. The standard InChI is InChI=1S/C23H41.In.2H/c1-4-7-10-13-16-21-19-20-22(17-14-11-8-5-2)23(21)18-15-12-9-6-3;;;/h4-19H2,1-3H3;;;. The molecule has 1 aliphatic carbocycles. The van der Waals surface area contributed by atoms with Gasteiger partial charge in [-0.3, -0.25) is 0 Å². The summed E-state index contributed by atoms with van der Waals surface area (Å²) < 4.78 is 1.92. The van der Waals surface area contributed by atoms with E-state index in [0.717, 1.165) is 0 Å². The Hall–Kier alpha value is 0.350. The topological polar surface area (TPSA) is 0 Å². The molecule has 0 amide bonds. The van der Waals surface area contributed by atoms with Gasteiger partial charge in [-0.2, -0.15) is 0 Å². The van der Waals surface area contributed by atoms with Crippen molar-refractivity contribution in [3.8, 4) is 0 Å². The van der Waals surface area contributed by atoms with Crippen LogP contribution in [0.3, 0.4) is 0 Å². The maximum atomic E-state index is 2.33. The quantitative estimate of drug-likeness (QED) is 0.234. The van der Waals surface area contributed by atoms with Crippen LogP contribution in [0.25, 0.3) is 0 Å². The number of hydrogen-bond donors (Lipinski definition) is 0. The van der Waals surface area contributed by atoms with Gasteiger partial charge < -0.3 is 0 Å². The third kappa shape index (κ3) is 8.63. The van der Waals surface area contributed by atoms with Gasteiger partial charge in [0.1, 0.15) is 0 Å². The van der Waals surface area contributed by atoms with Crippen LogP contribution in [0.5, 0.6) is 0 Å².